The number of nitrogens with one attached hydrogen (secondary N) is 1. The Kier molecular flexibility index (Phi) is 6.16. The zero-order valence-corrected chi connectivity index (χ0v) is 18.0. The van der Waals surface area contributed by atoms with Gasteiger partial charge in [-0.1, -0.05) is 42.5 Å². The predicted molar refractivity (Wildman–Crippen MR) is 124 cm³/mol. The minimum absolute atomic E-state index is 0.0313. The number of anilines is 2. The van der Waals surface area contributed by atoms with Crippen LogP contribution in [-0.2, 0) is 11.3 Å². The summed E-state index contributed by atoms with van der Waals surface area (Å²) in [7, 11) is 0. The number of carbonyl (C=O) groups is 1. The third-order valence-electron chi connectivity index (χ3n) is 5.84. The van der Waals surface area contributed by atoms with Gasteiger partial charge in [-0.2, -0.15) is 5.10 Å². The molecule has 1 atom stereocenters. The molecule has 6 nitrogen and oxygen atoms in total. The molecule has 0 bridgehead atoms. The number of benzene rings is 2. The fraction of sp³-hybridized carbons (Fsp3) is 0.320. The highest BCUT2D eigenvalue weighted by Gasteiger charge is 2.27. The van der Waals surface area contributed by atoms with Gasteiger partial charge >= 0.3 is 0 Å². The molecule has 160 valence electrons. The second kappa shape index (κ2) is 9.16. The van der Waals surface area contributed by atoms with Crippen molar-refractivity contribution in [2.24, 2.45) is 5.92 Å². The van der Waals surface area contributed by atoms with Crippen LogP contribution in [0.25, 0.3) is 0 Å². The molecule has 0 radical (unpaired) electrons. The van der Waals surface area contributed by atoms with Crippen molar-refractivity contribution in [1.29, 1.82) is 0 Å². The summed E-state index contributed by atoms with van der Waals surface area (Å²) in [5, 5.41) is 7.46. The number of aromatic nitrogens is 2. The van der Waals surface area contributed by atoms with E-state index in [0.29, 0.717) is 13.1 Å². The van der Waals surface area contributed by atoms with Gasteiger partial charge in [-0.3, -0.25) is 9.59 Å². The van der Waals surface area contributed by atoms with E-state index in [9.17, 15) is 9.59 Å². The number of amides is 1. The molecule has 1 saturated heterocycles. The van der Waals surface area contributed by atoms with Gasteiger partial charge in [0.15, 0.2) is 0 Å². The highest BCUT2D eigenvalue weighted by molar-refractivity contribution is 5.93. The van der Waals surface area contributed by atoms with Gasteiger partial charge in [0.1, 0.15) is 0 Å². The van der Waals surface area contributed by atoms with Crippen LogP contribution in [0.5, 0.6) is 0 Å². The summed E-state index contributed by atoms with van der Waals surface area (Å²) >= 11 is 0. The molecule has 1 N–H and O–H groups in total. The van der Waals surface area contributed by atoms with Crippen molar-refractivity contribution in [3.63, 3.8) is 0 Å². The average molecular weight is 417 g/mol. The van der Waals surface area contributed by atoms with E-state index in [1.165, 1.54) is 4.68 Å². The fourth-order valence-corrected chi connectivity index (χ4v) is 4.00. The van der Waals surface area contributed by atoms with E-state index in [1.54, 1.807) is 12.3 Å². The molecule has 2 heterocycles. The standard InChI is InChI=1S/C25H28N4O2/c1-18-10-11-19(2)23(13-18)27-25(31)21-9-6-12-28(17-21)22-14-24(30)29(26-15-22)16-20-7-4-3-5-8-20/h3-5,7-8,10-11,13-15,21H,6,9,12,16-17H2,1-2H3,(H,27,31)/t21-/m1/s1. The van der Waals surface area contributed by atoms with E-state index >= 15 is 0 Å². The molecule has 2 aromatic carbocycles. The Balaban J connectivity index is 1.44. The molecule has 4 rings (SSSR count). The van der Waals surface area contributed by atoms with Gasteiger partial charge in [-0.25, -0.2) is 4.68 Å². The van der Waals surface area contributed by atoms with Crippen LogP contribution in [-0.4, -0.2) is 28.8 Å². The number of hydrogen-bond acceptors (Lipinski definition) is 4. The molecule has 1 aliphatic heterocycles. The number of nitrogens with zero attached hydrogens (tertiary/aromatic N) is 3. The van der Waals surface area contributed by atoms with Gasteiger partial charge in [-0.15, -0.1) is 0 Å². The maximum absolute atomic E-state index is 12.9. The Labute approximate surface area is 182 Å². The third kappa shape index (κ3) is 5.02. The van der Waals surface area contributed by atoms with Crippen LogP contribution in [0.1, 0.15) is 29.5 Å². The van der Waals surface area contributed by atoms with Crippen LogP contribution in [0.3, 0.4) is 0 Å². The lowest BCUT2D eigenvalue weighted by molar-refractivity contribution is -0.120. The van der Waals surface area contributed by atoms with E-state index in [4.69, 9.17) is 0 Å². The van der Waals surface area contributed by atoms with Crippen molar-refractivity contribution in [2.75, 3.05) is 23.3 Å². The summed E-state index contributed by atoms with van der Waals surface area (Å²) in [5.41, 5.74) is 4.71. The van der Waals surface area contributed by atoms with Crippen LogP contribution in [0, 0.1) is 19.8 Å². The summed E-state index contributed by atoms with van der Waals surface area (Å²) in [6, 6.07) is 17.5. The minimum Gasteiger partial charge on any atom is -0.369 e. The zero-order valence-electron chi connectivity index (χ0n) is 18.0. The molecule has 1 aromatic heterocycles. The number of rotatable bonds is 5. The van der Waals surface area contributed by atoms with Crippen LogP contribution in [0.15, 0.2) is 65.6 Å². The molecule has 1 amide bonds. The number of aryl methyl sites for hydroxylation is 2. The van der Waals surface area contributed by atoms with Gasteiger partial charge in [-0.05, 0) is 49.4 Å². The van der Waals surface area contributed by atoms with E-state index in [1.807, 2.05) is 62.4 Å². The van der Waals surface area contributed by atoms with Crippen molar-refractivity contribution in [3.8, 4) is 0 Å². The zero-order chi connectivity index (χ0) is 21.8. The molecule has 3 aromatic rings. The molecule has 1 fully saturated rings. The van der Waals surface area contributed by atoms with Gasteiger partial charge < -0.3 is 10.2 Å². The van der Waals surface area contributed by atoms with Gasteiger partial charge in [0.05, 0.1) is 24.3 Å². The Morgan fingerprint density at radius 3 is 2.71 bits per heavy atom. The molecule has 0 unspecified atom stereocenters. The van der Waals surface area contributed by atoms with Crippen molar-refractivity contribution >= 4 is 17.3 Å². The second-order valence-electron chi connectivity index (χ2n) is 8.29. The molecule has 0 saturated carbocycles. The third-order valence-corrected chi connectivity index (χ3v) is 5.84. The van der Waals surface area contributed by atoms with Crippen molar-refractivity contribution in [2.45, 2.75) is 33.2 Å². The van der Waals surface area contributed by atoms with E-state index < -0.39 is 0 Å². The van der Waals surface area contributed by atoms with Gasteiger partial charge in [0.25, 0.3) is 5.56 Å². The first kappa shape index (κ1) is 20.8. The lowest BCUT2D eigenvalue weighted by Crippen LogP contribution is -2.41. The van der Waals surface area contributed by atoms with Gasteiger partial charge in [0.2, 0.25) is 5.91 Å². The molecular weight excluding hydrogens is 388 g/mol. The SMILES string of the molecule is Cc1ccc(C)c(NC(=O)[C@@H]2CCCN(c3cnn(Cc4ccccc4)c(=O)c3)C2)c1. The minimum atomic E-state index is -0.136. The van der Waals surface area contributed by atoms with E-state index in [-0.39, 0.29) is 17.4 Å². The monoisotopic (exact) mass is 416 g/mol. The van der Waals surface area contributed by atoms with Crippen LogP contribution in [0.4, 0.5) is 11.4 Å². The lowest BCUT2D eigenvalue weighted by atomic mass is 9.96. The molecule has 1 aliphatic rings. The van der Waals surface area contributed by atoms with E-state index in [2.05, 4.69) is 15.3 Å². The summed E-state index contributed by atoms with van der Waals surface area (Å²) < 4.78 is 1.47. The van der Waals surface area contributed by atoms with Crippen LogP contribution >= 0.6 is 0 Å². The molecular formula is C25H28N4O2. The number of piperidine rings is 1. The van der Waals surface area contributed by atoms with Gasteiger partial charge in [0, 0.05) is 24.8 Å². The summed E-state index contributed by atoms with van der Waals surface area (Å²) in [6.45, 7) is 5.86. The van der Waals surface area contributed by atoms with Crippen LogP contribution < -0.4 is 15.8 Å². The second-order valence-corrected chi connectivity index (χ2v) is 8.29. The highest BCUT2D eigenvalue weighted by Crippen LogP contribution is 2.24. The first-order valence-corrected chi connectivity index (χ1v) is 10.7. The maximum atomic E-state index is 12.9. The normalized spacial score (nSPS) is 16.2. The van der Waals surface area contributed by atoms with Crippen LogP contribution in [0.2, 0.25) is 0 Å². The first-order chi connectivity index (χ1) is 15.0. The average Bonchev–Trinajstić information content (AvgIpc) is 2.78. The highest BCUT2D eigenvalue weighted by atomic mass is 16.2. The van der Waals surface area contributed by atoms with Crippen molar-refractivity contribution in [1.82, 2.24) is 9.78 Å². The van der Waals surface area contributed by atoms with Crippen molar-refractivity contribution in [3.05, 3.63) is 87.8 Å². The number of carbonyl (C=O) groups excluding carboxylic acids is 1. The predicted octanol–water partition coefficient (Wildman–Crippen LogP) is 3.76. The molecule has 31 heavy (non-hydrogen) atoms. The summed E-state index contributed by atoms with van der Waals surface area (Å²) in [4.78, 5) is 27.6. The lowest BCUT2D eigenvalue weighted by Gasteiger charge is -2.33. The Morgan fingerprint density at radius 2 is 1.94 bits per heavy atom. The van der Waals surface area contributed by atoms with E-state index in [0.717, 1.165) is 47.5 Å². The Hall–Kier alpha value is -3.41. The summed E-state index contributed by atoms with van der Waals surface area (Å²) in [5.74, 6) is -0.0933. The number of hydrogen-bond donors (Lipinski definition) is 1. The molecule has 0 aliphatic carbocycles. The first-order valence-electron chi connectivity index (χ1n) is 10.7. The van der Waals surface area contributed by atoms with Crippen molar-refractivity contribution < 1.29 is 4.79 Å². The maximum Gasteiger partial charge on any atom is 0.269 e. The largest absolute Gasteiger partial charge is 0.369 e. The Bertz CT molecular complexity index is 1120. The quantitative estimate of drug-likeness (QED) is 0.688. The molecule has 6 heteroatoms. The topological polar surface area (TPSA) is 67.2 Å². The summed E-state index contributed by atoms with van der Waals surface area (Å²) in [6.07, 6.45) is 3.47. The Morgan fingerprint density at radius 1 is 1.13 bits per heavy atom. The fourth-order valence-electron chi connectivity index (χ4n) is 4.00. The molecule has 0 spiro atoms. The smallest absolute Gasteiger partial charge is 0.269 e.